The van der Waals surface area contributed by atoms with Gasteiger partial charge in [0.2, 0.25) is 5.91 Å². The number of nitrogens with two attached hydrogens (primary N) is 1. The van der Waals surface area contributed by atoms with Gasteiger partial charge in [-0.3, -0.25) is 14.7 Å². The molecule has 1 aliphatic rings. The number of methoxy groups -OCH3 is 1. The Balaban J connectivity index is 1.41. The monoisotopic (exact) mass is 771 g/mol. The van der Waals surface area contributed by atoms with Crippen molar-refractivity contribution in [1.29, 1.82) is 0 Å². The molecule has 1 saturated heterocycles. The van der Waals surface area contributed by atoms with E-state index in [4.69, 9.17) is 15.2 Å². The first-order chi connectivity index (χ1) is 26.5. The molecule has 0 unspecified atom stereocenters. The summed E-state index contributed by atoms with van der Waals surface area (Å²) < 4.78 is 11.6. The summed E-state index contributed by atoms with van der Waals surface area (Å²) >= 11 is 1.37. The summed E-state index contributed by atoms with van der Waals surface area (Å²) in [5.74, 6) is 0.930. The second-order valence-electron chi connectivity index (χ2n) is 13.3. The number of likely N-dealkylation sites (N-methyl/N-ethyl adjacent to an activating group) is 2. The molecule has 3 aromatic carbocycles. The van der Waals surface area contributed by atoms with Gasteiger partial charge in [0.1, 0.15) is 17.8 Å². The van der Waals surface area contributed by atoms with Crippen LogP contribution in [0.25, 0.3) is 10.2 Å². The van der Waals surface area contributed by atoms with Crippen LogP contribution in [0.15, 0.2) is 79.4 Å². The van der Waals surface area contributed by atoms with Crippen molar-refractivity contribution in [3.8, 4) is 11.5 Å². The minimum Gasteiger partial charge on any atom is -0.497 e. The van der Waals surface area contributed by atoms with Gasteiger partial charge in [-0.2, -0.15) is 5.01 Å². The van der Waals surface area contributed by atoms with E-state index < -0.39 is 24.3 Å². The van der Waals surface area contributed by atoms with Crippen LogP contribution in [0.2, 0.25) is 0 Å². The number of nitrogens with one attached hydrogen (secondary N) is 2. The number of nitrogen functional groups attached to an aromatic ring is 1. The SMILES string of the molecule is C=CCN(C(=O)NCc1ccc(OC)cc1)N(CC=O)[C@H]1CN(Cc2cccc3sc(N)nc23)C(=O)[C@H](Cc2ccc(OC(=O)NCCN(C)C)cc2)N1C. The lowest BCUT2D eigenvalue weighted by Crippen LogP contribution is -2.69. The molecule has 2 atom stereocenters. The topological polar surface area (TPSA) is 166 Å². The molecule has 55 heavy (non-hydrogen) atoms. The molecule has 0 bridgehead atoms. The zero-order valence-electron chi connectivity index (χ0n) is 31.6. The summed E-state index contributed by atoms with van der Waals surface area (Å²) in [6.45, 7) is 5.60. The number of hydrogen-bond donors (Lipinski definition) is 3. The lowest BCUT2D eigenvalue weighted by atomic mass is 9.99. The highest BCUT2D eigenvalue weighted by Crippen LogP contribution is 2.30. The van der Waals surface area contributed by atoms with Crippen molar-refractivity contribution in [1.82, 2.24) is 40.3 Å². The molecule has 15 nitrogen and oxygen atoms in total. The summed E-state index contributed by atoms with van der Waals surface area (Å²) in [5.41, 5.74) is 9.30. The lowest BCUT2D eigenvalue weighted by Gasteiger charge is -2.50. The number of urea groups is 1. The van der Waals surface area contributed by atoms with Crippen molar-refractivity contribution in [3.63, 3.8) is 0 Å². The fraction of sp³-hybridized carbons (Fsp3) is 0.359. The van der Waals surface area contributed by atoms with E-state index in [9.17, 15) is 19.2 Å². The van der Waals surface area contributed by atoms with Crippen LogP contribution in [0.1, 0.15) is 16.7 Å². The highest BCUT2D eigenvalue weighted by atomic mass is 32.1. The first kappa shape index (κ1) is 40.6. The van der Waals surface area contributed by atoms with Crippen LogP contribution in [0.3, 0.4) is 0 Å². The third-order valence-electron chi connectivity index (χ3n) is 9.27. The average Bonchev–Trinajstić information content (AvgIpc) is 3.56. The smallest absolute Gasteiger partial charge is 0.412 e. The molecular weight excluding hydrogens is 723 g/mol. The van der Waals surface area contributed by atoms with Gasteiger partial charge in [-0.1, -0.05) is 53.8 Å². The number of aldehydes is 1. The summed E-state index contributed by atoms with van der Waals surface area (Å²) in [4.78, 5) is 63.1. The van der Waals surface area contributed by atoms with E-state index in [0.717, 1.165) is 33.2 Å². The van der Waals surface area contributed by atoms with Crippen LogP contribution in [-0.2, 0) is 29.1 Å². The van der Waals surface area contributed by atoms with Crippen LogP contribution in [0, 0.1) is 0 Å². The van der Waals surface area contributed by atoms with Crippen molar-refractivity contribution >= 4 is 51.0 Å². The van der Waals surface area contributed by atoms with Crippen LogP contribution < -0.4 is 25.8 Å². The number of carbonyl (C=O) groups is 4. The van der Waals surface area contributed by atoms with E-state index in [1.165, 1.54) is 16.3 Å². The molecule has 5 rings (SSSR count). The van der Waals surface area contributed by atoms with Crippen molar-refractivity contribution in [2.45, 2.75) is 31.7 Å². The molecule has 4 N–H and O–H groups in total. The second-order valence-corrected chi connectivity index (χ2v) is 14.4. The number of thiazole rings is 1. The molecule has 0 aliphatic carbocycles. The zero-order chi connectivity index (χ0) is 39.5. The van der Waals surface area contributed by atoms with Crippen LogP contribution in [0.5, 0.6) is 11.5 Å². The molecular formula is C39H49N9O6S. The summed E-state index contributed by atoms with van der Waals surface area (Å²) in [7, 11) is 7.24. The number of amides is 4. The summed E-state index contributed by atoms with van der Waals surface area (Å²) in [6, 6.07) is 19.0. The molecule has 0 saturated carbocycles. The number of carbonyl (C=O) groups excluding carboxylic acids is 4. The number of fused-ring (bicyclic) bond motifs is 1. The predicted octanol–water partition coefficient (Wildman–Crippen LogP) is 3.56. The Bertz CT molecular complexity index is 1940. The van der Waals surface area contributed by atoms with Gasteiger partial charge in [0, 0.05) is 26.2 Å². The lowest BCUT2D eigenvalue weighted by molar-refractivity contribution is -0.162. The largest absolute Gasteiger partial charge is 0.497 e. The highest BCUT2D eigenvalue weighted by molar-refractivity contribution is 7.22. The van der Waals surface area contributed by atoms with E-state index in [1.807, 2.05) is 85.5 Å². The number of piperazine rings is 1. The number of hydrazine groups is 1. The standard InChI is InChI=1S/C39H49N9O6S/c1-6-19-48(38(51)42-24-28-12-14-30(53-5)15-13-28)47(21-22-49)34-26-46(25-29-8-7-9-33-35(29)43-37(40)55-33)36(50)32(45(34)4)23-27-10-16-31(17-11-27)54-39(52)41-18-20-44(2)3/h6-17,22,32,34H,1,18-21,23-26H2,2-5H3,(H2,40,43)(H,41,52)(H,42,51)/t32-,34-/m0/s1. The maximum atomic E-state index is 14.5. The van der Waals surface area contributed by atoms with E-state index >= 15 is 0 Å². The number of nitrogens with zero attached hydrogens (tertiary/aromatic N) is 6. The van der Waals surface area contributed by atoms with Crippen LogP contribution in [0.4, 0.5) is 14.7 Å². The van der Waals surface area contributed by atoms with Gasteiger partial charge in [-0.25, -0.2) is 14.6 Å². The molecule has 292 valence electrons. The number of para-hydroxylation sites is 1. The van der Waals surface area contributed by atoms with Gasteiger partial charge in [0.25, 0.3) is 0 Å². The normalized spacial score (nSPS) is 16.0. The van der Waals surface area contributed by atoms with Crippen LogP contribution >= 0.6 is 11.3 Å². The van der Waals surface area contributed by atoms with Gasteiger partial charge < -0.3 is 40.4 Å². The maximum absolute atomic E-state index is 14.5. The molecule has 0 radical (unpaired) electrons. The van der Waals surface area contributed by atoms with Gasteiger partial charge in [-0.05, 0) is 74.6 Å². The number of ether oxygens (including phenoxy) is 2. The average molecular weight is 772 g/mol. The minimum atomic E-state index is -0.693. The van der Waals surface area contributed by atoms with E-state index in [0.29, 0.717) is 36.1 Å². The van der Waals surface area contributed by atoms with Crippen LogP contribution in [-0.4, -0.2) is 127 Å². The summed E-state index contributed by atoms with van der Waals surface area (Å²) in [6.07, 6.45) is 1.47. The summed E-state index contributed by atoms with van der Waals surface area (Å²) in [5, 5.41) is 9.24. The second kappa shape index (κ2) is 19.2. The first-order valence-electron chi connectivity index (χ1n) is 17.8. The maximum Gasteiger partial charge on any atom is 0.412 e. The Kier molecular flexibility index (Phi) is 14.2. The third-order valence-corrected chi connectivity index (χ3v) is 10.1. The molecule has 4 amide bonds. The number of rotatable bonds is 17. The molecule has 1 aromatic heterocycles. The van der Waals surface area contributed by atoms with Crippen molar-refractivity contribution < 1.29 is 28.7 Å². The Labute approximate surface area is 325 Å². The predicted molar refractivity (Wildman–Crippen MR) is 212 cm³/mol. The van der Waals surface area contributed by atoms with Crippen molar-refractivity contribution in [2.75, 3.05) is 66.7 Å². The first-order valence-corrected chi connectivity index (χ1v) is 18.7. The minimum absolute atomic E-state index is 0.104. The van der Waals surface area contributed by atoms with E-state index in [-0.39, 0.29) is 38.6 Å². The molecule has 4 aromatic rings. The number of anilines is 1. The Morgan fingerprint density at radius 3 is 2.42 bits per heavy atom. The Hall–Kier alpha value is -5.55. The molecule has 1 fully saturated rings. The van der Waals surface area contributed by atoms with Gasteiger partial charge in [-0.15, -0.1) is 6.58 Å². The quantitative estimate of drug-likeness (QED) is 0.0817. The van der Waals surface area contributed by atoms with E-state index in [2.05, 4.69) is 22.2 Å². The number of hydrogen-bond acceptors (Lipinski definition) is 12. The molecule has 2 heterocycles. The molecule has 1 aliphatic heterocycles. The third kappa shape index (κ3) is 10.6. The molecule has 0 spiro atoms. The zero-order valence-corrected chi connectivity index (χ0v) is 32.5. The Morgan fingerprint density at radius 1 is 1.04 bits per heavy atom. The van der Waals surface area contributed by atoms with Gasteiger partial charge >= 0.3 is 12.1 Å². The number of benzene rings is 3. The van der Waals surface area contributed by atoms with Gasteiger partial charge in [0.05, 0.1) is 49.2 Å². The van der Waals surface area contributed by atoms with Gasteiger partial charge in [0.15, 0.2) is 5.13 Å². The van der Waals surface area contributed by atoms with E-state index in [1.54, 1.807) is 35.2 Å². The number of aromatic nitrogens is 1. The fourth-order valence-corrected chi connectivity index (χ4v) is 7.16. The Morgan fingerprint density at radius 2 is 1.75 bits per heavy atom. The van der Waals surface area contributed by atoms with Crippen molar-refractivity contribution in [2.24, 2.45) is 0 Å². The van der Waals surface area contributed by atoms with Crippen molar-refractivity contribution in [3.05, 3.63) is 96.1 Å². The highest BCUT2D eigenvalue weighted by Gasteiger charge is 2.43. The molecule has 16 heteroatoms. The fourth-order valence-electron chi connectivity index (χ4n) is 6.38.